The van der Waals surface area contributed by atoms with Crippen molar-refractivity contribution in [3.63, 3.8) is 0 Å². The lowest BCUT2D eigenvalue weighted by Gasteiger charge is -2.18. The van der Waals surface area contributed by atoms with E-state index >= 15 is 0 Å². The van der Waals surface area contributed by atoms with Gasteiger partial charge in [-0.1, -0.05) is 13.8 Å². The van der Waals surface area contributed by atoms with E-state index < -0.39 is 0 Å². The van der Waals surface area contributed by atoms with Crippen LogP contribution in [0.3, 0.4) is 0 Å². The zero-order valence-corrected chi connectivity index (χ0v) is 12.9. The second-order valence-corrected chi connectivity index (χ2v) is 5.25. The van der Waals surface area contributed by atoms with Gasteiger partial charge in [0.05, 0.1) is 12.0 Å². The van der Waals surface area contributed by atoms with Crippen molar-refractivity contribution in [2.75, 3.05) is 6.54 Å². The Morgan fingerprint density at radius 1 is 1.40 bits per heavy atom. The molecule has 2 heterocycles. The fourth-order valence-electron chi connectivity index (χ4n) is 2.51. The highest BCUT2D eigenvalue weighted by atomic mass is 16.3. The van der Waals surface area contributed by atoms with E-state index in [0.717, 1.165) is 37.3 Å². The van der Waals surface area contributed by atoms with E-state index in [0.29, 0.717) is 0 Å². The topological polar surface area (TPSA) is 43.0 Å². The molecule has 0 aliphatic carbocycles. The van der Waals surface area contributed by atoms with E-state index in [1.165, 1.54) is 11.3 Å². The van der Waals surface area contributed by atoms with Gasteiger partial charge in [0.1, 0.15) is 5.76 Å². The second-order valence-electron chi connectivity index (χ2n) is 5.25. The van der Waals surface area contributed by atoms with Gasteiger partial charge in [-0.25, -0.2) is 0 Å². The van der Waals surface area contributed by atoms with Gasteiger partial charge >= 0.3 is 0 Å². The zero-order valence-electron chi connectivity index (χ0n) is 12.9. The molecule has 2 aromatic heterocycles. The number of aryl methyl sites for hydroxylation is 3. The first-order chi connectivity index (χ1) is 9.65. The van der Waals surface area contributed by atoms with Crippen LogP contribution in [0.2, 0.25) is 0 Å². The number of hydrogen-bond donors (Lipinski definition) is 1. The summed E-state index contributed by atoms with van der Waals surface area (Å²) in [4.78, 5) is 0. The van der Waals surface area contributed by atoms with E-state index in [1.54, 1.807) is 6.26 Å². The lowest BCUT2D eigenvalue weighted by molar-refractivity contribution is 0.485. The molecule has 1 unspecified atom stereocenters. The number of rotatable bonds is 7. The monoisotopic (exact) mass is 275 g/mol. The number of furan rings is 1. The lowest BCUT2D eigenvalue weighted by Crippen LogP contribution is -2.25. The van der Waals surface area contributed by atoms with Crippen molar-refractivity contribution in [2.24, 2.45) is 7.05 Å². The molecule has 20 heavy (non-hydrogen) atoms. The molecule has 0 bridgehead atoms. The smallest absolute Gasteiger partial charge is 0.105 e. The summed E-state index contributed by atoms with van der Waals surface area (Å²) in [5.74, 6) is 0.997. The van der Waals surface area contributed by atoms with E-state index in [9.17, 15) is 0 Å². The van der Waals surface area contributed by atoms with Crippen LogP contribution in [0.4, 0.5) is 0 Å². The first-order valence-electron chi connectivity index (χ1n) is 7.44. The molecule has 0 aliphatic heterocycles. The summed E-state index contributed by atoms with van der Waals surface area (Å²) in [6, 6.07) is 4.56. The number of nitrogens with zero attached hydrogens (tertiary/aromatic N) is 2. The van der Waals surface area contributed by atoms with Gasteiger partial charge in [0.15, 0.2) is 0 Å². The van der Waals surface area contributed by atoms with E-state index in [4.69, 9.17) is 4.42 Å². The molecule has 0 amide bonds. The lowest BCUT2D eigenvalue weighted by atomic mass is 10.0. The zero-order chi connectivity index (χ0) is 14.5. The molecule has 1 atom stereocenters. The quantitative estimate of drug-likeness (QED) is 0.844. The summed E-state index contributed by atoms with van der Waals surface area (Å²) in [6.45, 7) is 7.36. The SMILES string of the molecule is CCCNC(Cc1cc(CC)nn1C)c1ccoc1C. The van der Waals surface area contributed by atoms with Crippen LogP contribution in [0.5, 0.6) is 0 Å². The number of nitrogens with one attached hydrogen (secondary N) is 1. The molecule has 4 heteroatoms. The molecule has 0 saturated heterocycles. The summed E-state index contributed by atoms with van der Waals surface area (Å²) in [7, 11) is 2.02. The van der Waals surface area contributed by atoms with Crippen LogP contribution in [-0.2, 0) is 19.9 Å². The first kappa shape index (κ1) is 14.9. The highest BCUT2D eigenvalue weighted by Gasteiger charge is 2.18. The molecular formula is C16H25N3O. The van der Waals surface area contributed by atoms with Crippen LogP contribution in [0.15, 0.2) is 22.8 Å². The number of hydrogen-bond acceptors (Lipinski definition) is 3. The highest BCUT2D eigenvalue weighted by Crippen LogP contribution is 2.23. The average Bonchev–Trinajstić information content (AvgIpc) is 3.01. The van der Waals surface area contributed by atoms with Gasteiger partial charge in [-0.3, -0.25) is 4.68 Å². The van der Waals surface area contributed by atoms with E-state index in [2.05, 4.69) is 36.4 Å². The van der Waals surface area contributed by atoms with Gasteiger partial charge < -0.3 is 9.73 Å². The minimum absolute atomic E-state index is 0.286. The van der Waals surface area contributed by atoms with Gasteiger partial charge in [-0.05, 0) is 38.4 Å². The third-order valence-corrected chi connectivity index (χ3v) is 3.72. The molecule has 0 aliphatic rings. The summed E-state index contributed by atoms with van der Waals surface area (Å²) in [5.41, 5.74) is 3.66. The molecule has 0 radical (unpaired) electrons. The van der Waals surface area contributed by atoms with E-state index in [-0.39, 0.29) is 6.04 Å². The Morgan fingerprint density at radius 2 is 2.20 bits per heavy atom. The Labute approximate surface area is 121 Å². The Hall–Kier alpha value is -1.55. The maximum Gasteiger partial charge on any atom is 0.105 e. The summed E-state index contributed by atoms with van der Waals surface area (Å²) in [6.07, 6.45) is 4.81. The summed E-state index contributed by atoms with van der Waals surface area (Å²) in [5, 5.41) is 8.15. The van der Waals surface area contributed by atoms with Crippen molar-refractivity contribution in [1.29, 1.82) is 0 Å². The largest absolute Gasteiger partial charge is 0.469 e. The van der Waals surface area contributed by atoms with Gasteiger partial charge in [0.2, 0.25) is 0 Å². The Kier molecular flexibility index (Phi) is 5.01. The fourth-order valence-corrected chi connectivity index (χ4v) is 2.51. The van der Waals surface area contributed by atoms with Crippen molar-refractivity contribution >= 4 is 0 Å². The van der Waals surface area contributed by atoms with Crippen molar-refractivity contribution in [2.45, 2.75) is 46.1 Å². The maximum absolute atomic E-state index is 5.46. The van der Waals surface area contributed by atoms with E-state index in [1.807, 2.05) is 18.7 Å². The Morgan fingerprint density at radius 3 is 2.75 bits per heavy atom. The minimum Gasteiger partial charge on any atom is -0.469 e. The second kappa shape index (κ2) is 6.75. The summed E-state index contributed by atoms with van der Waals surface area (Å²) < 4.78 is 7.45. The van der Waals surface area contributed by atoms with Crippen LogP contribution in [-0.4, -0.2) is 16.3 Å². The molecular weight excluding hydrogens is 250 g/mol. The van der Waals surface area contributed by atoms with Gasteiger partial charge in [-0.2, -0.15) is 5.10 Å². The van der Waals surface area contributed by atoms with Gasteiger partial charge in [0, 0.05) is 30.8 Å². The fraction of sp³-hybridized carbons (Fsp3) is 0.562. The number of aromatic nitrogens is 2. The first-order valence-corrected chi connectivity index (χ1v) is 7.44. The van der Waals surface area contributed by atoms with Crippen LogP contribution in [0.1, 0.15) is 49.0 Å². The summed E-state index contributed by atoms with van der Waals surface area (Å²) >= 11 is 0. The van der Waals surface area contributed by atoms with Gasteiger partial charge in [0.25, 0.3) is 0 Å². The van der Waals surface area contributed by atoms with Crippen LogP contribution in [0.25, 0.3) is 0 Å². The predicted molar refractivity (Wildman–Crippen MR) is 80.8 cm³/mol. The third kappa shape index (κ3) is 3.31. The van der Waals surface area contributed by atoms with Crippen molar-refractivity contribution in [1.82, 2.24) is 15.1 Å². The normalized spacial score (nSPS) is 12.8. The van der Waals surface area contributed by atoms with Crippen molar-refractivity contribution in [3.05, 3.63) is 41.1 Å². The minimum atomic E-state index is 0.286. The molecule has 0 aromatic carbocycles. The van der Waals surface area contributed by atoms with Crippen LogP contribution in [0, 0.1) is 6.92 Å². The Bertz CT molecular complexity index is 542. The average molecular weight is 275 g/mol. The standard InChI is InChI=1S/C16H25N3O/c1-5-8-17-16(15-7-9-20-12(15)3)11-14-10-13(6-2)18-19(14)4/h7,9-10,16-17H,5-6,8,11H2,1-4H3. The molecule has 0 spiro atoms. The van der Waals surface area contributed by atoms with Gasteiger partial charge in [-0.15, -0.1) is 0 Å². The third-order valence-electron chi connectivity index (χ3n) is 3.72. The highest BCUT2D eigenvalue weighted by molar-refractivity contribution is 5.23. The van der Waals surface area contributed by atoms with Crippen LogP contribution < -0.4 is 5.32 Å². The maximum atomic E-state index is 5.46. The van der Waals surface area contributed by atoms with Crippen molar-refractivity contribution in [3.8, 4) is 0 Å². The van der Waals surface area contributed by atoms with Crippen molar-refractivity contribution < 1.29 is 4.42 Å². The molecule has 1 N–H and O–H groups in total. The predicted octanol–water partition coefficient (Wildman–Crippen LogP) is 3.17. The molecule has 110 valence electrons. The molecule has 2 rings (SSSR count). The Balaban J connectivity index is 2.19. The van der Waals surface area contributed by atoms with Crippen LogP contribution >= 0.6 is 0 Å². The molecule has 4 nitrogen and oxygen atoms in total. The molecule has 0 saturated carbocycles. The molecule has 2 aromatic rings. The molecule has 0 fully saturated rings.